The van der Waals surface area contributed by atoms with Crippen LogP contribution in [0.15, 0.2) is 54.4 Å². The number of ketones is 1. The van der Waals surface area contributed by atoms with E-state index in [-0.39, 0.29) is 11.3 Å². The maximum absolute atomic E-state index is 13.1. The van der Waals surface area contributed by atoms with Crippen molar-refractivity contribution in [1.82, 2.24) is 14.8 Å². The van der Waals surface area contributed by atoms with Gasteiger partial charge in [-0.25, -0.2) is 0 Å². The highest BCUT2D eigenvalue weighted by Gasteiger charge is 2.45. The topological polar surface area (TPSA) is 83.0 Å². The van der Waals surface area contributed by atoms with Gasteiger partial charge < -0.3 is 19.6 Å². The largest absolute Gasteiger partial charge is 0.507 e. The minimum absolute atomic E-state index is 0.106. The monoisotopic (exact) mass is 479 g/mol. The summed E-state index contributed by atoms with van der Waals surface area (Å²) < 4.78 is 5.87. The molecule has 0 saturated carbocycles. The van der Waals surface area contributed by atoms with Crippen molar-refractivity contribution in [3.8, 4) is 5.75 Å². The molecule has 1 N–H and O–H groups in total. The fraction of sp³-hybridized carbons (Fsp3) is 0.464. The number of likely N-dealkylation sites (N-methyl/N-ethyl adjacent to an activating group) is 1. The summed E-state index contributed by atoms with van der Waals surface area (Å²) in [6.45, 7) is 9.71. The zero-order chi connectivity index (χ0) is 25.2. The van der Waals surface area contributed by atoms with E-state index in [0.717, 1.165) is 37.2 Å². The van der Waals surface area contributed by atoms with E-state index in [4.69, 9.17) is 4.74 Å². The van der Waals surface area contributed by atoms with Crippen molar-refractivity contribution in [3.63, 3.8) is 0 Å². The van der Waals surface area contributed by atoms with Crippen LogP contribution in [0.5, 0.6) is 5.75 Å². The Morgan fingerprint density at radius 2 is 1.69 bits per heavy atom. The molecule has 1 aliphatic heterocycles. The van der Waals surface area contributed by atoms with Crippen LogP contribution in [-0.4, -0.2) is 64.4 Å². The van der Waals surface area contributed by atoms with Crippen LogP contribution in [0.3, 0.4) is 0 Å². The molecule has 2 aromatic rings. The summed E-state index contributed by atoms with van der Waals surface area (Å²) in [5.41, 5.74) is 1.32. The predicted octanol–water partition coefficient (Wildman–Crippen LogP) is 4.80. The number of nitrogens with zero attached hydrogens (tertiary/aromatic N) is 3. The van der Waals surface area contributed by atoms with E-state index in [1.807, 2.05) is 24.3 Å². The third kappa shape index (κ3) is 6.48. The highest BCUT2D eigenvalue weighted by molar-refractivity contribution is 6.46. The summed E-state index contributed by atoms with van der Waals surface area (Å²) in [4.78, 5) is 34.0. The van der Waals surface area contributed by atoms with E-state index in [9.17, 15) is 14.7 Å². The Morgan fingerprint density at radius 3 is 2.31 bits per heavy atom. The molecule has 0 bridgehead atoms. The number of pyridine rings is 1. The number of aliphatic hydroxyl groups excluding tert-OH is 1. The van der Waals surface area contributed by atoms with Crippen LogP contribution >= 0.6 is 0 Å². The Morgan fingerprint density at radius 1 is 1.00 bits per heavy atom. The molecule has 1 saturated heterocycles. The van der Waals surface area contributed by atoms with Crippen molar-refractivity contribution in [3.05, 3.63) is 65.5 Å². The van der Waals surface area contributed by atoms with Crippen molar-refractivity contribution in [1.29, 1.82) is 0 Å². The third-order valence-electron chi connectivity index (χ3n) is 6.51. The smallest absolute Gasteiger partial charge is 0.295 e. The first-order chi connectivity index (χ1) is 17.0. The number of carbonyl (C=O) groups is 2. The molecule has 1 unspecified atom stereocenters. The SMILES string of the molecule is CCCCCCOc1ccc(C2C(=C(O)c3ccncc3)C(=O)C(=O)N2CCN(CC)CC)cc1. The van der Waals surface area contributed by atoms with Crippen molar-refractivity contribution >= 4 is 17.4 Å². The van der Waals surface area contributed by atoms with Gasteiger partial charge in [-0.15, -0.1) is 0 Å². The molecule has 188 valence electrons. The molecule has 1 aromatic carbocycles. The first-order valence-electron chi connectivity index (χ1n) is 12.7. The summed E-state index contributed by atoms with van der Waals surface area (Å²) >= 11 is 0. The maximum atomic E-state index is 13.1. The number of ether oxygens (including phenoxy) is 1. The van der Waals surface area contributed by atoms with Gasteiger partial charge in [-0.1, -0.05) is 52.2 Å². The number of hydrogen-bond donors (Lipinski definition) is 1. The van der Waals surface area contributed by atoms with E-state index in [0.29, 0.717) is 25.3 Å². The van der Waals surface area contributed by atoms with Crippen LogP contribution in [0.1, 0.15) is 63.6 Å². The lowest BCUT2D eigenvalue weighted by Crippen LogP contribution is -2.38. The molecule has 1 fully saturated rings. The van der Waals surface area contributed by atoms with Crippen LogP contribution in [0.25, 0.3) is 5.76 Å². The zero-order valence-electron chi connectivity index (χ0n) is 21.1. The van der Waals surface area contributed by atoms with Crippen molar-refractivity contribution in [2.24, 2.45) is 0 Å². The number of aromatic nitrogens is 1. The number of rotatable bonds is 13. The molecule has 7 heteroatoms. The summed E-state index contributed by atoms with van der Waals surface area (Å²) in [5, 5.41) is 11.1. The standard InChI is InChI=1S/C28H37N3O4/c1-4-7-8-9-20-35-23-12-10-21(11-13-23)25-24(26(32)22-14-16-29-17-15-22)27(33)28(34)31(25)19-18-30(5-2)6-3/h10-17,25,32H,4-9,18-20H2,1-3H3. The second kappa shape index (κ2) is 13.0. The molecular weight excluding hydrogens is 442 g/mol. The van der Waals surface area contributed by atoms with E-state index in [2.05, 4.69) is 30.7 Å². The Kier molecular flexibility index (Phi) is 9.85. The lowest BCUT2D eigenvalue weighted by Gasteiger charge is -2.28. The number of carbonyl (C=O) groups excluding carboxylic acids is 2. The second-order valence-electron chi connectivity index (χ2n) is 8.73. The number of benzene rings is 1. The number of hydrogen-bond acceptors (Lipinski definition) is 6. The first kappa shape index (κ1) is 26.4. The van der Waals surface area contributed by atoms with Gasteiger partial charge in [0.05, 0.1) is 18.2 Å². The normalized spacial score (nSPS) is 17.4. The highest BCUT2D eigenvalue weighted by Crippen LogP contribution is 2.39. The molecule has 0 aliphatic carbocycles. The number of unbranched alkanes of at least 4 members (excludes halogenated alkanes) is 3. The predicted molar refractivity (Wildman–Crippen MR) is 137 cm³/mol. The average Bonchev–Trinajstić information content (AvgIpc) is 3.14. The van der Waals surface area contributed by atoms with Crippen LogP contribution in [0.4, 0.5) is 0 Å². The molecule has 1 atom stereocenters. The molecule has 7 nitrogen and oxygen atoms in total. The minimum Gasteiger partial charge on any atom is -0.507 e. The molecule has 0 radical (unpaired) electrons. The second-order valence-corrected chi connectivity index (χ2v) is 8.73. The van der Waals surface area contributed by atoms with Crippen LogP contribution < -0.4 is 4.74 Å². The van der Waals surface area contributed by atoms with E-state index >= 15 is 0 Å². The quantitative estimate of drug-likeness (QED) is 0.192. The molecular formula is C28H37N3O4. The Balaban J connectivity index is 1.91. The summed E-state index contributed by atoms with van der Waals surface area (Å²) in [6.07, 6.45) is 7.63. The van der Waals surface area contributed by atoms with Gasteiger partial charge in [0, 0.05) is 31.0 Å². The number of amides is 1. The number of aliphatic hydroxyl groups is 1. The molecule has 2 heterocycles. The highest BCUT2D eigenvalue weighted by atomic mass is 16.5. The van der Waals surface area contributed by atoms with E-state index in [1.54, 1.807) is 29.4 Å². The van der Waals surface area contributed by atoms with Gasteiger partial charge in [-0.3, -0.25) is 14.6 Å². The number of Topliss-reactive ketones (excluding diaryl/α,β-unsaturated/α-hetero) is 1. The summed E-state index contributed by atoms with van der Waals surface area (Å²) in [6, 6.07) is 10.1. The summed E-state index contributed by atoms with van der Waals surface area (Å²) in [5.74, 6) is -0.689. The van der Waals surface area contributed by atoms with Gasteiger partial charge in [0.15, 0.2) is 0 Å². The van der Waals surface area contributed by atoms with Gasteiger partial charge in [0.2, 0.25) is 0 Å². The van der Waals surface area contributed by atoms with Crippen LogP contribution in [-0.2, 0) is 9.59 Å². The van der Waals surface area contributed by atoms with Gasteiger partial charge in [0.1, 0.15) is 11.5 Å². The minimum atomic E-state index is -0.669. The molecule has 1 aromatic heterocycles. The maximum Gasteiger partial charge on any atom is 0.295 e. The fourth-order valence-electron chi connectivity index (χ4n) is 4.38. The third-order valence-corrected chi connectivity index (χ3v) is 6.51. The van der Waals surface area contributed by atoms with E-state index < -0.39 is 17.7 Å². The molecule has 3 rings (SSSR count). The van der Waals surface area contributed by atoms with Crippen molar-refractivity contribution in [2.45, 2.75) is 52.5 Å². The lowest BCUT2D eigenvalue weighted by atomic mass is 9.95. The Labute approximate surface area is 208 Å². The van der Waals surface area contributed by atoms with Crippen molar-refractivity contribution in [2.75, 3.05) is 32.8 Å². The van der Waals surface area contributed by atoms with Crippen molar-refractivity contribution < 1.29 is 19.4 Å². The lowest BCUT2D eigenvalue weighted by molar-refractivity contribution is -0.140. The zero-order valence-corrected chi connectivity index (χ0v) is 21.1. The van der Waals surface area contributed by atoms with Gasteiger partial charge in [0.25, 0.3) is 11.7 Å². The Hall–Kier alpha value is -3.19. The first-order valence-corrected chi connectivity index (χ1v) is 12.7. The summed E-state index contributed by atoms with van der Waals surface area (Å²) in [7, 11) is 0. The van der Waals surface area contributed by atoms with Crippen LogP contribution in [0.2, 0.25) is 0 Å². The van der Waals surface area contributed by atoms with Gasteiger partial charge in [-0.2, -0.15) is 0 Å². The molecule has 0 spiro atoms. The van der Waals surface area contributed by atoms with Gasteiger partial charge in [-0.05, 0) is 49.3 Å². The molecule has 35 heavy (non-hydrogen) atoms. The van der Waals surface area contributed by atoms with Crippen LogP contribution in [0, 0.1) is 0 Å². The molecule has 1 aliphatic rings. The number of likely N-dealkylation sites (tertiary alicyclic amines) is 1. The fourth-order valence-corrected chi connectivity index (χ4v) is 4.38. The van der Waals surface area contributed by atoms with Gasteiger partial charge >= 0.3 is 0 Å². The Bertz CT molecular complexity index is 1000. The molecule has 1 amide bonds. The van der Waals surface area contributed by atoms with E-state index in [1.165, 1.54) is 12.8 Å². The average molecular weight is 480 g/mol.